The summed E-state index contributed by atoms with van der Waals surface area (Å²) in [5, 5.41) is 6.30. The number of aromatic nitrogens is 2. The van der Waals surface area contributed by atoms with Crippen LogP contribution in [0.5, 0.6) is 0 Å². The van der Waals surface area contributed by atoms with Crippen LogP contribution in [0.25, 0.3) is 0 Å². The van der Waals surface area contributed by atoms with Crippen LogP contribution in [-0.4, -0.2) is 25.6 Å². The summed E-state index contributed by atoms with van der Waals surface area (Å²) in [6.07, 6.45) is 2.74. The van der Waals surface area contributed by atoms with E-state index in [2.05, 4.69) is 20.2 Å². The zero-order chi connectivity index (χ0) is 13.0. The van der Waals surface area contributed by atoms with Crippen molar-refractivity contribution >= 4 is 15.8 Å². The molecular weight excluding hydrogens is 256 g/mol. The first kappa shape index (κ1) is 12.5. The molecule has 0 saturated carbocycles. The largest absolute Gasteiger partial charge is 0.373 e. The molecule has 0 amide bonds. The lowest BCUT2D eigenvalue weighted by molar-refractivity contribution is 0.380. The number of pyridine rings is 1. The normalized spacial score (nSPS) is 11.4. The summed E-state index contributed by atoms with van der Waals surface area (Å²) < 4.78 is 31.0. The molecule has 0 aliphatic carbocycles. The van der Waals surface area contributed by atoms with Gasteiger partial charge in [0, 0.05) is 19.3 Å². The smallest absolute Gasteiger partial charge is 0.242 e. The number of anilines is 1. The number of sulfonamides is 1. The van der Waals surface area contributed by atoms with E-state index >= 15 is 0 Å². The first-order chi connectivity index (χ1) is 8.62. The van der Waals surface area contributed by atoms with E-state index in [-0.39, 0.29) is 11.4 Å². The Labute approximate surface area is 104 Å². The van der Waals surface area contributed by atoms with Crippen molar-refractivity contribution in [3.8, 4) is 0 Å². The van der Waals surface area contributed by atoms with Gasteiger partial charge in [-0.25, -0.2) is 18.1 Å². The first-order valence-corrected chi connectivity index (χ1v) is 6.63. The molecule has 0 bridgehead atoms. The summed E-state index contributed by atoms with van der Waals surface area (Å²) in [6.45, 7) is 0.0517. The van der Waals surface area contributed by atoms with E-state index in [0.29, 0.717) is 11.6 Å². The van der Waals surface area contributed by atoms with Gasteiger partial charge in [0.15, 0.2) is 5.76 Å². The number of hydrogen-bond donors (Lipinski definition) is 2. The Balaban J connectivity index is 2.09. The topological polar surface area (TPSA) is 97.1 Å². The van der Waals surface area contributed by atoms with Crippen LogP contribution in [0.4, 0.5) is 5.82 Å². The van der Waals surface area contributed by atoms with Gasteiger partial charge in [0.1, 0.15) is 10.7 Å². The Morgan fingerprint density at radius 2 is 2.17 bits per heavy atom. The second kappa shape index (κ2) is 5.15. The minimum atomic E-state index is -3.59. The predicted molar refractivity (Wildman–Crippen MR) is 64.3 cm³/mol. The fraction of sp³-hybridized carbons (Fsp3) is 0.200. The molecule has 0 radical (unpaired) electrons. The maximum Gasteiger partial charge on any atom is 0.242 e. The highest BCUT2D eigenvalue weighted by Gasteiger charge is 2.14. The molecular formula is C10H12N4O3S. The van der Waals surface area contributed by atoms with Gasteiger partial charge in [0.2, 0.25) is 10.0 Å². The van der Waals surface area contributed by atoms with Gasteiger partial charge >= 0.3 is 0 Å². The van der Waals surface area contributed by atoms with Crippen molar-refractivity contribution in [1.29, 1.82) is 0 Å². The summed E-state index contributed by atoms with van der Waals surface area (Å²) in [6, 6.07) is 4.65. The lowest BCUT2D eigenvalue weighted by Crippen LogP contribution is -2.23. The molecule has 2 rings (SSSR count). The zero-order valence-corrected chi connectivity index (χ0v) is 10.4. The molecule has 0 aromatic carbocycles. The van der Waals surface area contributed by atoms with Crippen LogP contribution in [0.3, 0.4) is 0 Å². The van der Waals surface area contributed by atoms with Gasteiger partial charge in [-0.1, -0.05) is 5.16 Å². The molecule has 96 valence electrons. The quantitative estimate of drug-likeness (QED) is 0.823. The molecule has 0 aliphatic rings. The van der Waals surface area contributed by atoms with Crippen LogP contribution in [0, 0.1) is 0 Å². The van der Waals surface area contributed by atoms with Gasteiger partial charge in [0.25, 0.3) is 0 Å². The van der Waals surface area contributed by atoms with E-state index in [1.165, 1.54) is 18.5 Å². The maximum atomic E-state index is 11.9. The Kier molecular flexibility index (Phi) is 3.58. The second-order valence-electron chi connectivity index (χ2n) is 3.43. The molecule has 0 unspecified atom stereocenters. The number of rotatable bonds is 5. The molecule has 18 heavy (non-hydrogen) atoms. The lowest BCUT2D eigenvalue weighted by atomic mass is 10.5. The van der Waals surface area contributed by atoms with Gasteiger partial charge in [-0.15, -0.1) is 0 Å². The third-order valence-electron chi connectivity index (χ3n) is 2.23. The zero-order valence-electron chi connectivity index (χ0n) is 9.62. The third kappa shape index (κ3) is 2.84. The minimum absolute atomic E-state index is 0.0517. The highest BCUT2D eigenvalue weighted by Crippen LogP contribution is 2.10. The Morgan fingerprint density at radius 3 is 2.72 bits per heavy atom. The Morgan fingerprint density at radius 1 is 1.33 bits per heavy atom. The molecule has 2 heterocycles. The molecule has 0 saturated heterocycles. The van der Waals surface area contributed by atoms with E-state index < -0.39 is 10.0 Å². The molecule has 0 fully saturated rings. The maximum absolute atomic E-state index is 11.9. The predicted octanol–water partition coefficient (Wildman–Crippen LogP) is 0.590. The van der Waals surface area contributed by atoms with Crippen molar-refractivity contribution in [3.05, 3.63) is 36.4 Å². The van der Waals surface area contributed by atoms with E-state index in [1.54, 1.807) is 19.2 Å². The summed E-state index contributed by atoms with van der Waals surface area (Å²) in [4.78, 5) is 4.04. The molecule has 0 spiro atoms. The van der Waals surface area contributed by atoms with E-state index in [1.807, 2.05) is 0 Å². The van der Waals surface area contributed by atoms with Gasteiger partial charge in [-0.05, 0) is 12.1 Å². The highest BCUT2D eigenvalue weighted by molar-refractivity contribution is 7.89. The van der Waals surface area contributed by atoms with Crippen molar-refractivity contribution in [2.45, 2.75) is 11.4 Å². The standard InChI is InChI=1S/C10H12N4O3S/c1-11-10-3-2-9(7-12-10)18(15,16)14-6-8-4-5-13-17-8/h2-5,7,14H,6H2,1H3,(H,11,12). The SMILES string of the molecule is CNc1ccc(S(=O)(=O)NCc2ccno2)cn1. The van der Waals surface area contributed by atoms with Gasteiger partial charge in [-0.3, -0.25) is 0 Å². The van der Waals surface area contributed by atoms with Crippen molar-refractivity contribution < 1.29 is 12.9 Å². The molecule has 2 aromatic rings. The number of nitrogens with zero attached hydrogens (tertiary/aromatic N) is 2. The molecule has 0 atom stereocenters. The molecule has 2 N–H and O–H groups in total. The molecule has 8 heteroatoms. The van der Waals surface area contributed by atoms with Crippen molar-refractivity contribution in [3.63, 3.8) is 0 Å². The van der Waals surface area contributed by atoms with Crippen molar-refractivity contribution in [2.24, 2.45) is 0 Å². The molecule has 2 aromatic heterocycles. The van der Waals surface area contributed by atoms with Crippen LogP contribution in [-0.2, 0) is 16.6 Å². The van der Waals surface area contributed by atoms with E-state index in [0.717, 1.165) is 0 Å². The molecule has 0 aliphatic heterocycles. The van der Waals surface area contributed by atoms with Gasteiger partial charge in [0.05, 0.1) is 12.7 Å². The average molecular weight is 268 g/mol. The van der Waals surface area contributed by atoms with E-state index in [4.69, 9.17) is 4.52 Å². The lowest BCUT2D eigenvalue weighted by Gasteiger charge is -2.05. The number of nitrogens with one attached hydrogen (secondary N) is 2. The average Bonchev–Trinajstić information content (AvgIpc) is 2.90. The highest BCUT2D eigenvalue weighted by atomic mass is 32.2. The van der Waals surface area contributed by atoms with Crippen LogP contribution >= 0.6 is 0 Å². The van der Waals surface area contributed by atoms with Crippen LogP contribution < -0.4 is 10.0 Å². The summed E-state index contributed by atoms with van der Waals surface area (Å²) in [5.74, 6) is 1.04. The third-order valence-corrected chi connectivity index (χ3v) is 3.62. The number of hydrogen-bond acceptors (Lipinski definition) is 6. The summed E-state index contributed by atoms with van der Waals surface area (Å²) >= 11 is 0. The van der Waals surface area contributed by atoms with Crippen LogP contribution in [0.15, 0.2) is 40.0 Å². The van der Waals surface area contributed by atoms with Gasteiger partial charge < -0.3 is 9.84 Å². The first-order valence-electron chi connectivity index (χ1n) is 5.15. The molecule has 7 nitrogen and oxygen atoms in total. The van der Waals surface area contributed by atoms with Crippen molar-refractivity contribution in [2.75, 3.05) is 12.4 Å². The second-order valence-corrected chi connectivity index (χ2v) is 5.20. The fourth-order valence-electron chi connectivity index (χ4n) is 1.27. The van der Waals surface area contributed by atoms with Crippen LogP contribution in [0.1, 0.15) is 5.76 Å². The summed E-state index contributed by atoms with van der Waals surface area (Å²) in [7, 11) is -1.88. The van der Waals surface area contributed by atoms with Crippen LogP contribution in [0.2, 0.25) is 0 Å². The fourth-order valence-corrected chi connectivity index (χ4v) is 2.21. The monoisotopic (exact) mass is 268 g/mol. The Hall–Kier alpha value is -1.93. The van der Waals surface area contributed by atoms with E-state index in [9.17, 15) is 8.42 Å². The van der Waals surface area contributed by atoms with Gasteiger partial charge in [-0.2, -0.15) is 0 Å². The minimum Gasteiger partial charge on any atom is -0.373 e. The Bertz CT molecular complexity index is 593. The van der Waals surface area contributed by atoms with Crippen molar-refractivity contribution in [1.82, 2.24) is 14.9 Å². The summed E-state index contributed by atoms with van der Waals surface area (Å²) in [5.41, 5.74) is 0.